The van der Waals surface area contributed by atoms with Gasteiger partial charge in [0.2, 0.25) is 0 Å². The zero-order chi connectivity index (χ0) is 15.9. The van der Waals surface area contributed by atoms with Crippen molar-refractivity contribution in [2.24, 2.45) is 5.92 Å². The Morgan fingerprint density at radius 2 is 1.82 bits per heavy atom. The Morgan fingerprint density at radius 1 is 1.09 bits per heavy atom. The van der Waals surface area contributed by atoms with E-state index in [0.29, 0.717) is 29.9 Å². The first-order valence-electron chi connectivity index (χ1n) is 7.25. The molecule has 1 atom stereocenters. The fraction of sp³-hybridized carbons (Fsp3) is 0.278. The Morgan fingerprint density at radius 3 is 2.55 bits per heavy atom. The quantitative estimate of drug-likeness (QED) is 0.894. The Hall–Kier alpha value is -2.49. The molecule has 0 bridgehead atoms. The molecule has 2 aromatic carbocycles. The first kappa shape index (κ1) is 14.4. The second-order valence-electron chi connectivity index (χ2n) is 5.83. The summed E-state index contributed by atoms with van der Waals surface area (Å²) < 4.78 is 5.67. The van der Waals surface area contributed by atoms with Gasteiger partial charge in [0.05, 0.1) is 18.1 Å². The van der Waals surface area contributed by atoms with Crippen molar-refractivity contribution < 1.29 is 19.7 Å². The minimum absolute atomic E-state index is 0.0309. The van der Waals surface area contributed by atoms with Crippen LogP contribution in [-0.4, -0.2) is 22.6 Å². The number of aryl methyl sites for hydroxylation is 2. The molecule has 0 aromatic heterocycles. The first-order chi connectivity index (χ1) is 10.5. The molecule has 4 nitrogen and oxygen atoms in total. The maximum atomic E-state index is 12.6. The van der Waals surface area contributed by atoms with Crippen molar-refractivity contribution in [2.75, 3.05) is 6.61 Å². The lowest BCUT2D eigenvalue weighted by Crippen LogP contribution is -2.29. The van der Waals surface area contributed by atoms with Crippen LogP contribution in [0.15, 0.2) is 30.3 Å². The predicted octanol–water partition coefficient (Wildman–Crippen LogP) is 3.15. The van der Waals surface area contributed by atoms with Crippen LogP contribution in [0.4, 0.5) is 0 Å². The standard InChI is InChI=1S/C18H18O4/c1-10-3-4-12(7-15(10)19)6-13-9-22-17-5-11(2)16(20)8-14(17)18(13)21/h3-5,7-8,13,19-20H,6,9H2,1-2H3. The minimum atomic E-state index is -0.309. The Bertz CT molecular complexity index is 749. The van der Waals surface area contributed by atoms with Crippen LogP contribution in [0.25, 0.3) is 0 Å². The van der Waals surface area contributed by atoms with Crippen molar-refractivity contribution in [1.82, 2.24) is 0 Å². The van der Waals surface area contributed by atoms with Gasteiger partial charge >= 0.3 is 0 Å². The van der Waals surface area contributed by atoms with Gasteiger partial charge in [-0.05, 0) is 55.2 Å². The summed E-state index contributed by atoms with van der Waals surface area (Å²) in [6.45, 7) is 3.91. The fourth-order valence-electron chi connectivity index (χ4n) is 2.69. The number of hydrogen-bond donors (Lipinski definition) is 2. The molecule has 2 N–H and O–H groups in total. The van der Waals surface area contributed by atoms with Crippen molar-refractivity contribution in [2.45, 2.75) is 20.3 Å². The van der Waals surface area contributed by atoms with E-state index in [4.69, 9.17) is 4.74 Å². The third kappa shape index (κ3) is 2.52. The number of ether oxygens (including phenoxy) is 1. The van der Waals surface area contributed by atoms with Gasteiger partial charge < -0.3 is 14.9 Å². The molecule has 1 aliphatic rings. The van der Waals surface area contributed by atoms with Crippen LogP contribution in [-0.2, 0) is 6.42 Å². The number of phenols is 2. The van der Waals surface area contributed by atoms with E-state index in [0.717, 1.165) is 11.1 Å². The van der Waals surface area contributed by atoms with Crippen LogP contribution in [0, 0.1) is 19.8 Å². The van der Waals surface area contributed by atoms with E-state index in [1.54, 1.807) is 19.1 Å². The summed E-state index contributed by atoms with van der Waals surface area (Å²) in [5.74, 6) is 0.524. The number of aromatic hydroxyl groups is 2. The van der Waals surface area contributed by atoms with E-state index in [9.17, 15) is 15.0 Å². The lowest BCUT2D eigenvalue weighted by atomic mass is 9.89. The Balaban J connectivity index is 1.86. The molecule has 114 valence electrons. The SMILES string of the molecule is Cc1ccc(CC2COc3cc(C)c(O)cc3C2=O)cc1O. The maximum absolute atomic E-state index is 12.6. The molecule has 1 heterocycles. The molecular formula is C18H18O4. The summed E-state index contributed by atoms with van der Waals surface area (Å²) in [7, 11) is 0. The number of fused-ring (bicyclic) bond motifs is 1. The molecule has 0 fully saturated rings. The van der Waals surface area contributed by atoms with Crippen LogP contribution in [0.1, 0.15) is 27.0 Å². The predicted molar refractivity (Wildman–Crippen MR) is 82.7 cm³/mol. The second-order valence-corrected chi connectivity index (χ2v) is 5.83. The van der Waals surface area contributed by atoms with Gasteiger partial charge in [-0.25, -0.2) is 0 Å². The first-order valence-corrected chi connectivity index (χ1v) is 7.25. The molecule has 0 spiro atoms. The molecule has 2 aromatic rings. The van der Waals surface area contributed by atoms with Crippen LogP contribution >= 0.6 is 0 Å². The van der Waals surface area contributed by atoms with Gasteiger partial charge in [0.1, 0.15) is 17.2 Å². The topological polar surface area (TPSA) is 66.8 Å². The lowest BCUT2D eigenvalue weighted by molar-refractivity contribution is 0.0829. The number of hydrogen-bond acceptors (Lipinski definition) is 4. The molecule has 1 unspecified atom stereocenters. The van der Waals surface area contributed by atoms with Gasteiger partial charge in [-0.1, -0.05) is 12.1 Å². The fourth-order valence-corrected chi connectivity index (χ4v) is 2.69. The van der Waals surface area contributed by atoms with E-state index in [-0.39, 0.29) is 23.2 Å². The molecule has 0 aliphatic carbocycles. The normalized spacial score (nSPS) is 17.0. The minimum Gasteiger partial charge on any atom is -0.508 e. The van der Waals surface area contributed by atoms with Gasteiger partial charge in [0.25, 0.3) is 0 Å². The van der Waals surface area contributed by atoms with Crippen LogP contribution in [0.3, 0.4) is 0 Å². The molecule has 4 heteroatoms. The van der Waals surface area contributed by atoms with E-state index < -0.39 is 0 Å². The highest BCUT2D eigenvalue weighted by Crippen LogP contribution is 2.34. The number of phenolic OH excluding ortho intramolecular Hbond substituents is 2. The summed E-state index contributed by atoms with van der Waals surface area (Å²) in [5, 5.41) is 19.6. The van der Waals surface area contributed by atoms with E-state index in [2.05, 4.69) is 0 Å². The van der Waals surface area contributed by atoms with E-state index in [1.165, 1.54) is 6.07 Å². The summed E-state index contributed by atoms with van der Waals surface area (Å²) in [5.41, 5.74) is 2.81. The lowest BCUT2D eigenvalue weighted by Gasteiger charge is -2.25. The Labute approximate surface area is 129 Å². The Kier molecular flexibility index (Phi) is 3.53. The third-order valence-electron chi connectivity index (χ3n) is 4.13. The molecular weight excluding hydrogens is 280 g/mol. The largest absolute Gasteiger partial charge is 0.508 e. The van der Waals surface area contributed by atoms with Gasteiger partial charge in [-0.15, -0.1) is 0 Å². The highest BCUT2D eigenvalue weighted by Gasteiger charge is 2.30. The summed E-state index contributed by atoms with van der Waals surface area (Å²) >= 11 is 0. The monoisotopic (exact) mass is 298 g/mol. The number of Topliss-reactive ketones (excluding diaryl/α,β-unsaturated/α-hetero) is 1. The van der Waals surface area contributed by atoms with Crippen molar-refractivity contribution >= 4 is 5.78 Å². The van der Waals surface area contributed by atoms with Gasteiger partial charge in [0, 0.05) is 0 Å². The average molecular weight is 298 g/mol. The van der Waals surface area contributed by atoms with Gasteiger partial charge in [-0.2, -0.15) is 0 Å². The van der Waals surface area contributed by atoms with Crippen LogP contribution < -0.4 is 4.74 Å². The van der Waals surface area contributed by atoms with Gasteiger partial charge in [-0.3, -0.25) is 4.79 Å². The average Bonchev–Trinajstić information content (AvgIpc) is 2.48. The third-order valence-corrected chi connectivity index (χ3v) is 4.13. The number of carbonyl (C=O) groups is 1. The number of carbonyl (C=O) groups excluding carboxylic acids is 1. The molecule has 0 saturated carbocycles. The van der Waals surface area contributed by atoms with E-state index in [1.807, 2.05) is 19.1 Å². The van der Waals surface area contributed by atoms with Crippen molar-refractivity contribution in [3.63, 3.8) is 0 Å². The zero-order valence-electron chi connectivity index (χ0n) is 12.6. The molecule has 0 radical (unpaired) electrons. The maximum Gasteiger partial charge on any atom is 0.173 e. The van der Waals surface area contributed by atoms with Crippen molar-refractivity contribution in [1.29, 1.82) is 0 Å². The summed E-state index contributed by atoms with van der Waals surface area (Å²) in [6, 6.07) is 8.60. The summed E-state index contributed by atoms with van der Waals surface area (Å²) in [4.78, 5) is 12.6. The summed E-state index contributed by atoms with van der Waals surface area (Å²) in [6.07, 6.45) is 0.501. The molecule has 3 rings (SSSR count). The number of rotatable bonds is 2. The van der Waals surface area contributed by atoms with Gasteiger partial charge in [0.15, 0.2) is 5.78 Å². The zero-order valence-corrected chi connectivity index (χ0v) is 12.6. The van der Waals surface area contributed by atoms with Crippen LogP contribution in [0.5, 0.6) is 17.2 Å². The van der Waals surface area contributed by atoms with E-state index >= 15 is 0 Å². The molecule has 22 heavy (non-hydrogen) atoms. The molecule has 0 saturated heterocycles. The highest BCUT2D eigenvalue weighted by molar-refractivity contribution is 6.02. The highest BCUT2D eigenvalue weighted by atomic mass is 16.5. The van der Waals surface area contributed by atoms with Crippen LogP contribution in [0.2, 0.25) is 0 Å². The van der Waals surface area contributed by atoms with Crippen molar-refractivity contribution in [3.8, 4) is 17.2 Å². The van der Waals surface area contributed by atoms with Crippen molar-refractivity contribution in [3.05, 3.63) is 52.6 Å². The number of ketones is 1. The molecule has 1 aliphatic heterocycles. The molecule has 0 amide bonds. The second kappa shape index (κ2) is 5.37. The number of benzene rings is 2. The smallest absolute Gasteiger partial charge is 0.173 e.